The molecule has 168 valence electrons. The van der Waals surface area contributed by atoms with E-state index in [2.05, 4.69) is 10.3 Å². The van der Waals surface area contributed by atoms with Gasteiger partial charge >= 0.3 is 0 Å². The van der Waals surface area contributed by atoms with Crippen molar-refractivity contribution in [2.24, 2.45) is 5.92 Å². The number of nitrogens with zero attached hydrogens (tertiary/aromatic N) is 2. The van der Waals surface area contributed by atoms with Crippen molar-refractivity contribution < 1.29 is 22.0 Å². The highest BCUT2D eigenvalue weighted by molar-refractivity contribution is 7.89. The summed E-state index contributed by atoms with van der Waals surface area (Å²) in [5.41, 5.74) is 1.58. The van der Waals surface area contributed by atoms with Crippen molar-refractivity contribution in [2.75, 3.05) is 18.4 Å². The quantitative estimate of drug-likeness (QED) is 0.550. The van der Waals surface area contributed by atoms with Gasteiger partial charge in [0.15, 0.2) is 5.13 Å². The maximum absolute atomic E-state index is 14.0. The highest BCUT2D eigenvalue weighted by atomic mass is 35.5. The lowest BCUT2D eigenvalue weighted by Crippen LogP contribution is -2.41. The minimum atomic E-state index is -4.19. The minimum absolute atomic E-state index is 0.0320. The van der Waals surface area contributed by atoms with E-state index in [4.69, 9.17) is 11.6 Å². The van der Waals surface area contributed by atoms with Crippen LogP contribution in [0.3, 0.4) is 0 Å². The Labute approximate surface area is 192 Å². The summed E-state index contributed by atoms with van der Waals surface area (Å²) in [7, 11) is -4.19. The van der Waals surface area contributed by atoms with Crippen molar-refractivity contribution in [1.82, 2.24) is 9.29 Å². The fourth-order valence-electron chi connectivity index (χ4n) is 3.46. The molecule has 11 heteroatoms. The second kappa shape index (κ2) is 9.22. The van der Waals surface area contributed by atoms with Crippen molar-refractivity contribution in [3.05, 3.63) is 64.5 Å². The Morgan fingerprint density at radius 1 is 1.12 bits per heavy atom. The third kappa shape index (κ3) is 4.83. The van der Waals surface area contributed by atoms with Gasteiger partial charge in [-0.25, -0.2) is 22.2 Å². The fraction of sp³-hybridized carbons (Fsp3) is 0.238. The number of rotatable bonds is 5. The third-order valence-electron chi connectivity index (χ3n) is 5.21. The maximum Gasteiger partial charge on any atom is 0.246 e. The number of sulfonamides is 1. The number of piperidine rings is 1. The molecule has 0 bridgehead atoms. The van der Waals surface area contributed by atoms with E-state index in [9.17, 15) is 22.0 Å². The van der Waals surface area contributed by atoms with Crippen LogP contribution in [-0.2, 0) is 14.8 Å². The Morgan fingerprint density at radius 2 is 1.81 bits per heavy atom. The summed E-state index contributed by atoms with van der Waals surface area (Å²) in [6.45, 7) is 0.0640. The summed E-state index contributed by atoms with van der Waals surface area (Å²) in [5, 5.41) is 5.66. The number of nitrogens with one attached hydrogen (secondary N) is 1. The van der Waals surface area contributed by atoms with E-state index in [0.717, 1.165) is 22.0 Å². The van der Waals surface area contributed by atoms with Gasteiger partial charge in [-0.1, -0.05) is 23.7 Å². The lowest BCUT2D eigenvalue weighted by molar-refractivity contribution is -0.120. The Bertz CT molecular complexity index is 1240. The number of thiazole rings is 1. The molecule has 0 atom stereocenters. The summed E-state index contributed by atoms with van der Waals surface area (Å²) in [5.74, 6) is -2.51. The lowest BCUT2D eigenvalue weighted by Gasteiger charge is -2.30. The number of anilines is 1. The summed E-state index contributed by atoms with van der Waals surface area (Å²) in [6.07, 6.45) is 0.523. The van der Waals surface area contributed by atoms with Crippen LogP contribution in [0.5, 0.6) is 0 Å². The van der Waals surface area contributed by atoms with Crippen LogP contribution in [0.2, 0.25) is 5.02 Å². The first-order chi connectivity index (χ1) is 15.2. The standard InChI is InChI=1S/C21H18ClF2N3O3S2/c22-15-3-1-13(2-4-15)18-12-31-21(25-18)26-20(28)14-7-9-27(10-8-14)32(29,30)19-11-16(23)5-6-17(19)24/h1-6,11-12,14H,7-10H2,(H,25,26,28). The number of hydrogen-bond donors (Lipinski definition) is 1. The molecule has 0 unspecified atom stereocenters. The van der Waals surface area contributed by atoms with E-state index in [1.807, 2.05) is 17.5 Å². The second-order valence-electron chi connectivity index (χ2n) is 7.29. The summed E-state index contributed by atoms with van der Waals surface area (Å²) >= 11 is 7.18. The van der Waals surface area contributed by atoms with Gasteiger partial charge in [0, 0.05) is 35.0 Å². The van der Waals surface area contributed by atoms with Crippen LogP contribution in [0, 0.1) is 17.6 Å². The normalized spacial score (nSPS) is 15.6. The van der Waals surface area contributed by atoms with Crippen LogP contribution in [-0.4, -0.2) is 36.7 Å². The van der Waals surface area contributed by atoms with Crippen LogP contribution in [0.15, 0.2) is 52.7 Å². The number of aromatic nitrogens is 1. The smallest absolute Gasteiger partial charge is 0.246 e. The number of hydrogen-bond acceptors (Lipinski definition) is 5. The highest BCUT2D eigenvalue weighted by Gasteiger charge is 2.34. The maximum atomic E-state index is 14.0. The topological polar surface area (TPSA) is 79.4 Å². The Kier molecular flexibility index (Phi) is 6.57. The molecule has 1 saturated heterocycles. The van der Waals surface area contributed by atoms with Gasteiger partial charge in [0.2, 0.25) is 15.9 Å². The van der Waals surface area contributed by atoms with Gasteiger partial charge in [0.25, 0.3) is 0 Å². The molecule has 0 aliphatic carbocycles. The van der Waals surface area contributed by atoms with Gasteiger partial charge in [0.1, 0.15) is 16.5 Å². The zero-order valence-corrected chi connectivity index (χ0v) is 19.0. The first kappa shape index (κ1) is 22.8. The Morgan fingerprint density at radius 3 is 2.50 bits per heavy atom. The molecule has 0 radical (unpaired) electrons. The van der Waals surface area contributed by atoms with Crippen molar-refractivity contribution in [1.29, 1.82) is 0 Å². The number of carbonyl (C=O) groups excluding carboxylic acids is 1. The molecule has 1 fully saturated rings. The van der Waals surface area contributed by atoms with E-state index in [0.29, 0.717) is 21.9 Å². The molecule has 1 aliphatic rings. The van der Waals surface area contributed by atoms with E-state index in [-0.39, 0.29) is 31.8 Å². The molecule has 32 heavy (non-hydrogen) atoms. The van der Waals surface area contributed by atoms with Gasteiger partial charge in [-0.3, -0.25) is 4.79 Å². The molecule has 1 aromatic heterocycles. The van der Waals surface area contributed by atoms with Gasteiger partial charge < -0.3 is 5.32 Å². The zero-order chi connectivity index (χ0) is 22.9. The third-order valence-corrected chi connectivity index (χ3v) is 8.13. The molecule has 6 nitrogen and oxygen atoms in total. The van der Waals surface area contributed by atoms with E-state index in [1.54, 1.807) is 12.1 Å². The van der Waals surface area contributed by atoms with Crippen LogP contribution < -0.4 is 5.32 Å². The molecule has 1 aliphatic heterocycles. The summed E-state index contributed by atoms with van der Waals surface area (Å²) in [4.78, 5) is 16.4. The molecule has 3 aromatic rings. The molecule has 4 rings (SSSR count). The lowest BCUT2D eigenvalue weighted by atomic mass is 9.97. The molecular weight excluding hydrogens is 480 g/mol. The van der Waals surface area contributed by atoms with Crippen molar-refractivity contribution in [3.8, 4) is 11.3 Å². The van der Waals surface area contributed by atoms with E-state index < -0.39 is 32.5 Å². The molecule has 2 heterocycles. The van der Waals surface area contributed by atoms with Gasteiger partial charge in [-0.2, -0.15) is 4.31 Å². The largest absolute Gasteiger partial charge is 0.302 e. The van der Waals surface area contributed by atoms with E-state index in [1.165, 1.54) is 11.3 Å². The van der Waals surface area contributed by atoms with Crippen molar-refractivity contribution in [3.63, 3.8) is 0 Å². The number of benzene rings is 2. The van der Waals surface area contributed by atoms with Gasteiger partial charge in [-0.05, 0) is 43.2 Å². The van der Waals surface area contributed by atoms with Crippen LogP contribution >= 0.6 is 22.9 Å². The summed E-state index contributed by atoms with van der Waals surface area (Å²) in [6, 6.07) is 9.50. The minimum Gasteiger partial charge on any atom is -0.302 e. The second-order valence-corrected chi connectivity index (χ2v) is 10.5. The number of halogens is 3. The first-order valence-corrected chi connectivity index (χ1v) is 12.4. The SMILES string of the molecule is O=C(Nc1nc(-c2ccc(Cl)cc2)cs1)C1CCN(S(=O)(=O)c2cc(F)ccc2F)CC1. The monoisotopic (exact) mass is 497 g/mol. The van der Waals surface area contributed by atoms with E-state index >= 15 is 0 Å². The van der Waals surface area contributed by atoms with Crippen LogP contribution in [0.1, 0.15) is 12.8 Å². The summed E-state index contributed by atoms with van der Waals surface area (Å²) < 4.78 is 53.9. The highest BCUT2D eigenvalue weighted by Crippen LogP contribution is 2.29. The number of carbonyl (C=O) groups is 1. The van der Waals surface area contributed by atoms with Gasteiger partial charge in [-0.15, -0.1) is 11.3 Å². The molecular formula is C21H18ClF2N3O3S2. The first-order valence-electron chi connectivity index (χ1n) is 9.71. The van der Waals surface area contributed by atoms with Crippen molar-refractivity contribution >= 4 is 44.0 Å². The van der Waals surface area contributed by atoms with Gasteiger partial charge in [0.05, 0.1) is 5.69 Å². The predicted molar refractivity (Wildman–Crippen MR) is 119 cm³/mol. The van der Waals surface area contributed by atoms with Crippen LogP contribution in [0.4, 0.5) is 13.9 Å². The predicted octanol–water partition coefficient (Wildman–Crippen LogP) is 4.78. The average molecular weight is 498 g/mol. The van der Waals surface area contributed by atoms with Crippen molar-refractivity contribution in [2.45, 2.75) is 17.7 Å². The Hall–Kier alpha value is -2.40. The molecule has 1 amide bonds. The molecule has 2 aromatic carbocycles. The Balaban J connectivity index is 1.38. The molecule has 0 spiro atoms. The molecule has 0 saturated carbocycles. The molecule has 1 N–H and O–H groups in total. The average Bonchev–Trinajstić information content (AvgIpc) is 3.24. The number of amides is 1. The fourth-order valence-corrected chi connectivity index (χ4v) is 5.86. The zero-order valence-electron chi connectivity index (χ0n) is 16.6. The van der Waals surface area contributed by atoms with Crippen LogP contribution in [0.25, 0.3) is 11.3 Å².